The third-order valence-corrected chi connectivity index (χ3v) is 5.78. The predicted octanol–water partition coefficient (Wildman–Crippen LogP) is 1.59. The van der Waals surface area contributed by atoms with Gasteiger partial charge in [0.05, 0.1) is 24.2 Å². The third-order valence-electron chi connectivity index (χ3n) is 4.12. The van der Waals surface area contributed by atoms with Crippen LogP contribution in [0.15, 0.2) is 30.3 Å². The molecule has 1 heterocycles. The van der Waals surface area contributed by atoms with Crippen LogP contribution in [0.5, 0.6) is 0 Å². The first-order valence-electron chi connectivity index (χ1n) is 7.74. The molecule has 6 nitrogen and oxygen atoms in total. The second-order valence-corrected chi connectivity index (χ2v) is 8.15. The maximum Gasteiger partial charge on any atom is 0.318 e. The van der Waals surface area contributed by atoms with E-state index >= 15 is 0 Å². The number of ether oxygens (including phenoxy) is 1. The number of nitrogens with one attached hydrogen (secondary N) is 1. The Morgan fingerprint density at radius 2 is 2.04 bits per heavy atom. The van der Waals surface area contributed by atoms with Crippen LogP contribution in [0.25, 0.3) is 0 Å². The Morgan fingerprint density at radius 3 is 2.70 bits per heavy atom. The molecule has 0 unspecified atom stereocenters. The summed E-state index contributed by atoms with van der Waals surface area (Å²) >= 11 is 0. The Hall–Kier alpha value is -1.60. The molecule has 7 heteroatoms. The Labute approximate surface area is 137 Å². The van der Waals surface area contributed by atoms with E-state index in [0.29, 0.717) is 13.0 Å². The summed E-state index contributed by atoms with van der Waals surface area (Å²) in [7, 11) is -1.47. The van der Waals surface area contributed by atoms with Gasteiger partial charge < -0.3 is 15.0 Å². The number of amides is 2. The largest absolute Gasteiger partial charge is 0.382 e. The number of rotatable bonds is 4. The van der Waals surface area contributed by atoms with Crippen molar-refractivity contribution in [3.63, 3.8) is 0 Å². The molecule has 2 atom stereocenters. The average molecular weight is 340 g/mol. The molecule has 1 aromatic carbocycles. The molecule has 1 aromatic rings. The number of urea groups is 1. The van der Waals surface area contributed by atoms with Crippen molar-refractivity contribution >= 4 is 15.9 Å². The standard InChI is InChI=1S/C16H24N2O4S/c1-13-8-10-23(20,21)11-9-18(13)16(19)17-15(12-22-2)14-6-4-3-5-7-14/h3-7,13,15H,8-12H2,1-2H3,(H,17,19)/t13-,15+/m0/s1. The molecule has 0 aliphatic carbocycles. The average Bonchev–Trinajstić information content (AvgIpc) is 2.66. The number of benzene rings is 1. The fourth-order valence-electron chi connectivity index (χ4n) is 2.67. The lowest BCUT2D eigenvalue weighted by molar-refractivity contribution is 0.149. The van der Waals surface area contributed by atoms with Gasteiger partial charge in [-0.3, -0.25) is 0 Å². The van der Waals surface area contributed by atoms with E-state index in [4.69, 9.17) is 4.74 Å². The van der Waals surface area contributed by atoms with E-state index in [2.05, 4.69) is 5.32 Å². The van der Waals surface area contributed by atoms with Gasteiger partial charge in [-0.15, -0.1) is 0 Å². The van der Waals surface area contributed by atoms with Gasteiger partial charge in [0.25, 0.3) is 0 Å². The normalized spacial score (nSPS) is 22.2. The monoisotopic (exact) mass is 340 g/mol. The molecule has 2 amide bonds. The Balaban J connectivity index is 2.09. The van der Waals surface area contributed by atoms with E-state index in [1.165, 1.54) is 0 Å². The van der Waals surface area contributed by atoms with E-state index in [0.717, 1.165) is 5.56 Å². The van der Waals surface area contributed by atoms with Gasteiger partial charge in [-0.2, -0.15) is 0 Å². The van der Waals surface area contributed by atoms with Gasteiger partial charge >= 0.3 is 6.03 Å². The topological polar surface area (TPSA) is 75.7 Å². The fourth-order valence-corrected chi connectivity index (χ4v) is 4.05. The molecule has 23 heavy (non-hydrogen) atoms. The van der Waals surface area contributed by atoms with E-state index < -0.39 is 9.84 Å². The zero-order valence-corrected chi connectivity index (χ0v) is 14.4. The number of methoxy groups -OCH3 is 1. The zero-order chi connectivity index (χ0) is 16.9. The molecule has 0 spiro atoms. The summed E-state index contributed by atoms with van der Waals surface area (Å²) in [6.45, 7) is 2.47. The third kappa shape index (κ3) is 4.94. The van der Waals surface area contributed by atoms with E-state index in [9.17, 15) is 13.2 Å². The number of carbonyl (C=O) groups is 1. The molecular formula is C16H24N2O4S. The summed E-state index contributed by atoms with van der Waals surface area (Å²) in [4.78, 5) is 14.2. The molecule has 128 valence electrons. The molecule has 0 radical (unpaired) electrons. The summed E-state index contributed by atoms with van der Waals surface area (Å²) in [6.07, 6.45) is 0.468. The Morgan fingerprint density at radius 1 is 1.35 bits per heavy atom. The van der Waals surface area contributed by atoms with Crippen LogP contribution < -0.4 is 5.32 Å². The van der Waals surface area contributed by atoms with Crippen molar-refractivity contribution in [3.05, 3.63) is 35.9 Å². The smallest absolute Gasteiger partial charge is 0.318 e. The molecule has 1 saturated heterocycles. The van der Waals surface area contributed by atoms with Gasteiger partial charge in [0.15, 0.2) is 9.84 Å². The highest BCUT2D eigenvalue weighted by atomic mass is 32.2. The molecule has 1 N–H and O–H groups in total. The van der Waals surface area contributed by atoms with Crippen LogP contribution in [0.4, 0.5) is 4.79 Å². The number of sulfone groups is 1. The number of carbonyl (C=O) groups excluding carboxylic acids is 1. The van der Waals surface area contributed by atoms with Crippen molar-refractivity contribution in [2.24, 2.45) is 0 Å². The van der Waals surface area contributed by atoms with Gasteiger partial charge in [-0.1, -0.05) is 30.3 Å². The maximum atomic E-state index is 12.6. The molecule has 0 aromatic heterocycles. The summed E-state index contributed by atoms with van der Waals surface area (Å²) in [5.41, 5.74) is 0.956. The molecule has 1 aliphatic heterocycles. The van der Waals surface area contributed by atoms with Crippen molar-refractivity contribution in [1.29, 1.82) is 0 Å². The van der Waals surface area contributed by atoms with E-state index in [1.54, 1.807) is 12.0 Å². The maximum absolute atomic E-state index is 12.6. The fraction of sp³-hybridized carbons (Fsp3) is 0.562. The lowest BCUT2D eigenvalue weighted by atomic mass is 10.1. The van der Waals surface area contributed by atoms with Crippen LogP contribution in [-0.4, -0.2) is 57.2 Å². The first-order valence-corrected chi connectivity index (χ1v) is 9.56. The highest BCUT2D eigenvalue weighted by Crippen LogP contribution is 2.16. The summed E-state index contributed by atoms with van der Waals surface area (Å²) in [5.74, 6) is 0.156. The van der Waals surface area contributed by atoms with Crippen LogP contribution >= 0.6 is 0 Å². The van der Waals surface area contributed by atoms with Crippen LogP contribution in [0, 0.1) is 0 Å². The van der Waals surface area contributed by atoms with E-state index in [-0.39, 0.29) is 36.2 Å². The molecule has 0 bridgehead atoms. The summed E-state index contributed by atoms with van der Waals surface area (Å²) in [6, 6.07) is 8.97. The van der Waals surface area contributed by atoms with Gasteiger partial charge in [-0.05, 0) is 18.9 Å². The Bertz CT molecular complexity index is 618. The van der Waals surface area contributed by atoms with Crippen molar-refractivity contribution in [1.82, 2.24) is 10.2 Å². The lowest BCUT2D eigenvalue weighted by Crippen LogP contribution is -2.47. The predicted molar refractivity (Wildman–Crippen MR) is 89.0 cm³/mol. The minimum atomic E-state index is -3.06. The van der Waals surface area contributed by atoms with Gasteiger partial charge in [0.2, 0.25) is 0 Å². The first kappa shape index (κ1) is 17.7. The second-order valence-electron chi connectivity index (χ2n) is 5.85. The van der Waals surface area contributed by atoms with Gasteiger partial charge in [0.1, 0.15) is 0 Å². The van der Waals surface area contributed by atoms with Crippen molar-refractivity contribution < 1.29 is 17.9 Å². The number of hydrogen-bond donors (Lipinski definition) is 1. The van der Waals surface area contributed by atoms with Crippen molar-refractivity contribution in [3.8, 4) is 0 Å². The number of nitrogens with zero attached hydrogens (tertiary/aromatic N) is 1. The quantitative estimate of drug-likeness (QED) is 0.903. The van der Waals surface area contributed by atoms with Gasteiger partial charge in [-0.25, -0.2) is 13.2 Å². The first-order chi connectivity index (χ1) is 10.9. The van der Waals surface area contributed by atoms with E-state index in [1.807, 2.05) is 37.3 Å². The molecule has 1 aliphatic rings. The molecule has 2 rings (SSSR count). The van der Waals surface area contributed by atoms with Gasteiger partial charge in [0, 0.05) is 19.7 Å². The molecule has 0 saturated carbocycles. The highest BCUT2D eigenvalue weighted by molar-refractivity contribution is 7.91. The van der Waals surface area contributed by atoms with Crippen molar-refractivity contribution in [2.75, 3.05) is 31.8 Å². The van der Waals surface area contributed by atoms with Crippen LogP contribution in [-0.2, 0) is 14.6 Å². The SMILES string of the molecule is COC[C@@H](NC(=O)N1CCS(=O)(=O)CC[C@@H]1C)c1ccccc1. The summed E-state index contributed by atoms with van der Waals surface area (Å²) in [5, 5.41) is 2.96. The Kier molecular flexibility index (Phi) is 6.01. The van der Waals surface area contributed by atoms with Crippen LogP contribution in [0.3, 0.4) is 0 Å². The minimum Gasteiger partial charge on any atom is -0.382 e. The molecule has 1 fully saturated rings. The zero-order valence-electron chi connectivity index (χ0n) is 13.6. The highest BCUT2D eigenvalue weighted by Gasteiger charge is 2.29. The molecular weight excluding hydrogens is 316 g/mol. The minimum absolute atomic E-state index is 0.0189. The second kappa shape index (κ2) is 7.79. The van der Waals surface area contributed by atoms with Crippen LogP contribution in [0.2, 0.25) is 0 Å². The summed E-state index contributed by atoms with van der Waals surface area (Å²) < 4.78 is 28.7. The van der Waals surface area contributed by atoms with Crippen LogP contribution in [0.1, 0.15) is 24.9 Å². The number of hydrogen-bond acceptors (Lipinski definition) is 4. The van der Waals surface area contributed by atoms with Crippen molar-refractivity contribution in [2.45, 2.75) is 25.4 Å². The lowest BCUT2D eigenvalue weighted by Gasteiger charge is -2.29.